The molecule has 4 heterocycles. The molecule has 1 saturated carbocycles. The van der Waals surface area contributed by atoms with Crippen molar-refractivity contribution >= 4 is 0 Å². The molecule has 4 bridgehead atoms. The van der Waals surface area contributed by atoms with Gasteiger partial charge in [0, 0.05) is 59.4 Å². The number of rotatable bonds is 5. The van der Waals surface area contributed by atoms with Gasteiger partial charge in [-0.05, 0) is 58.1 Å². The van der Waals surface area contributed by atoms with Gasteiger partial charge in [-0.25, -0.2) is 0 Å². The number of likely N-dealkylation sites (N-methyl/N-ethyl adjacent to an activating group) is 2. The fraction of sp³-hybridized carbons (Fsp3) is 0.600. The number of aliphatic hydroxyl groups excluding tert-OH is 3. The molecule has 13 nitrogen and oxygen atoms in total. The second-order valence-electron chi connectivity index (χ2n) is 15.2. The van der Waals surface area contributed by atoms with Crippen LogP contribution < -0.4 is 9.57 Å². The predicted molar refractivity (Wildman–Crippen MR) is 167 cm³/mol. The fourth-order valence-corrected chi connectivity index (χ4v) is 11.6. The maximum absolute atomic E-state index is 12.4. The van der Waals surface area contributed by atoms with E-state index in [0.29, 0.717) is 36.1 Å². The fourth-order valence-electron chi connectivity index (χ4n) is 11.6. The zero-order chi connectivity index (χ0) is 32.9. The van der Waals surface area contributed by atoms with Gasteiger partial charge in [-0.3, -0.25) is 0 Å². The zero-order valence-electron chi connectivity index (χ0n) is 27.0. The van der Waals surface area contributed by atoms with E-state index < -0.39 is 41.5 Å². The molecule has 5 aliphatic carbocycles. The Bertz CT molecular complexity index is 1780. The summed E-state index contributed by atoms with van der Waals surface area (Å²) in [6, 6.07) is 3.98. The molecule has 2 unspecified atom stereocenters. The molecular formula is C35H40N4O9. The molecular weight excluding hydrogens is 620 g/mol. The number of nitrogens with zero attached hydrogens (tertiary/aromatic N) is 4. The van der Waals surface area contributed by atoms with Crippen LogP contribution in [-0.2, 0) is 26.1 Å². The Kier molecular flexibility index (Phi) is 5.90. The van der Waals surface area contributed by atoms with Crippen molar-refractivity contribution in [2.24, 2.45) is 27.8 Å². The van der Waals surface area contributed by atoms with E-state index in [9.17, 15) is 20.4 Å². The van der Waals surface area contributed by atoms with Crippen LogP contribution in [0.25, 0.3) is 0 Å². The summed E-state index contributed by atoms with van der Waals surface area (Å²) in [5.74, 6) is 0.868. The molecule has 48 heavy (non-hydrogen) atoms. The molecule has 13 heteroatoms. The summed E-state index contributed by atoms with van der Waals surface area (Å²) in [5, 5.41) is 53.6. The van der Waals surface area contributed by atoms with Crippen molar-refractivity contribution in [2.45, 2.75) is 79.3 Å². The number of aliphatic hydroxyl groups is 4. The van der Waals surface area contributed by atoms with Crippen molar-refractivity contribution in [1.82, 2.24) is 9.80 Å². The molecule has 10 rings (SSSR count). The number of piperidine rings is 2. The van der Waals surface area contributed by atoms with E-state index in [-0.39, 0.29) is 47.0 Å². The van der Waals surface area contributed by atoms with Gasteiger partial charge in [0.25, 0.3) is 0 Å². The monoisotopic (exact) mass is 660 g/mol. The molecule has 1 aromatic carbocycles. The Balaban J connectivity index is 0.976. The van der Waals surface area contributed by atoms with Crippen molar-refractivity contribution in [1.29, 1.82) is 0 Å². The predicted octanol–water partition coefficient (Wildman–Crippen LogP) is 1.99. The van der Waals surface area contributed by atoms with Gasteiger partial charge in [0.15, 0.2) is 11.5 Å². The van der Waals surface area contributed by atoms with Crippen LogP contribution in [0.3, 0.4) is 0 Å². The molecule has 2 saturated heterocycles. The van der Waals surface area contributed by atoms with Crippen molar-refractivity contribution in [2.75, 3.05) is 34.3 Å². The molecule has 3 fully saturated rings. The van der Waals surface area contributed by atoms with E-state index in [0.717, 1.165) is 24.9 Å². The van der Waals surface area contributed by atoms with Crippen molar-refractivity contribution in [3.05, 3.63) is 70.4 Å². The molecule has 4 N–H and O–H groups in total. The number of methoxy groups -OCH3 is 1. The van der Waals surface area contributed by atoms with Gasteiger partial charge in [-0.15, -0.1) is 0 Å². The summed E-state index contributed by atoms with van der Waals surface area (Å²) >= 11 is 0. The van der Waals surface area contributed by atoms with E-state index in [1.54, 1.807) is 19.3 Å². The summed E-state index contributed by atoms with van der Waals surface area (Å²) in [5.41, 5.74) is 0.207. The Morgan fingerprint density at radius 1 is 0.896 bits per heavy atom. The van der Waals surface area contributed by atoms with Crippen LogP contribution >= 0.6 is 0 Å². The van der Waals surface area contributed by atoms with Crippen LogP contribution in [0.2, 0.25) is 0 Å². The first kappa shape index (κ1) is 29.5. The SMILES string of the molecule is COC1[C@@H]2[C@@H]3C=C[C@H](O)[C@@H]4OC5=C(C1(O)CC(O)=C5ON=NOc1ccc5c6c1O[C@H]1[C@@H](O)C=C[C@H]7[C@@H](C5)N(C)CC[C@@]671)[C@]34CCN2C. The third kappa shape index (κ3) is 3.28. The summed E-state index contributed by atoms with van der Waals surface area (Å²) in [6.07, 6.45) is 6.55. The summed E-state index contributed by atoms with van der Waals surface area (Å²) < 4.78 is 18.9. The topological polar surface area (TPSA) is 158 Å². The lowest BCUT2D eigenvalue weighted by molar-refractivity contribution is -0.193. The second-order valence-corrected chi connectivity index (χ2v) is 15.2. The first-order valence-electron chi connectivity index (χ1n) is 17.0. The van der Waals surface area contributed by atoms with Gasteiger partial charge in [0.2, 0.25) is 11.5 Å². The third-order valence-electron chi connectivity index (χ3n) is 13.4. The Morgan fingerprint density at radius 2 is 1.60 bits per heavy atom. The van der Waals surface area contributed by atoms with Gasteiger partial charge >= 0.3 is 0 Å². The smallest absolute Gasteiger partial charge is 0.239 e. The molecule has 12 atom stereocenters. The molecule has 9 aliphatic rings. The first-order chi connectivity index (χ1) is 23.1. The average molecular weight is 661 g/mol. The summed E-state index contributed by atoms with van der Waals surface area (Å²) in [4.78, 5) is 16.1. The number of likely N-dealkylation sites (tertiary alicyclic amines) is 2. The Morgan fingerprint density at radius 3 is 2.40 bits per heavy atom. The molecule has 4 aliphatic heterocycles. The molecule has 0 radical (unpaired) electrons. The van der Waals surface area contributed by atoms with Gasteiger partial charge in [-0.1, -0.05) is 30.4 Å². The molecule has 2 spiro atoms. The van der Waals surface area contributed by atoms with Crippen LogP contribution in [0.4, 0.5) is 0 Å². The largest absolute Gasteiger partial charge is 0.508 e. The van der Waals surface area contributed by atoms with Gasteiger partial charge in [-0.2, -0.15) is 0 Å². The minimum atomic E-state index is -1.59. The van der Waals surface area contributed by atoms with Gasteiger partial charge in [0.05, 0.1) is 10.6 Å². The number of benzene rings is 1. The highest BCUT2D eigenvalue weighted by molar-refractivity contribution is 5.62. The normalized spacial score (nSPS) is 46.0. The maximum Gasteiger partial charge on any atom is 0.239 e. The highest BCUT2D eigenvalue weighted by Gasteiger charge is 2.74. The van der Waals surface area contributed by atoms with E-state index in [2.05, 4.69) is 33.5 Å². The van der Waals surface area contributed by atoms with Crippen LogP contribution in [0, 0.1) is 17.3 Å². The standard InChI is InChI=1S/C35H40N4O9/c1-38-12-10-33-17-5-7-20(40)30(33)45-27-23(9-4-16(24(27)33)14-19(17)38)47-36-37-48-26-22(42)15-35(43)29-28(26)46-31-21(41)8-6-18-25(32(35)44-3)39(2)13-11-34(18,29)31/h4-9,17-21,25,30-32,40-43H,10-15H2,1-3H3/t17-,18-,19+,20-,21-,25-,30-,31-,32?,33-,34-,35?/m0/s1. The van der Waals surface area contributed by atoms with Crippen molar-refractivity contribution in [3.8, 4) is 11.5 Å². The lowest BCUT2D eigenvalue weighted by Crippen LogP contribution is -2.74. The Labute approximate surface area is 277 Å². The summed E-state index contributed by atoms with van der Waals surface area (Å²) in [7, 11) is 5.74. The Hall–Kier alpha value is -3.46. The summed E-state index contributed by atoms with van der Waals surface area (Å²) in [6.45, 7) is 1.62. The van der Waals surface area contributed by atoms with Gasteiger partial charge in [0.1, 0.15) is 41.9 Å². The minimum Gasteiger partial charge on any atom is -0.508 e. The van der Waals surface area contributed by atoms with Crippen LogP contribution in [0.15, 0.2) is 69.8 Å². The van der Waals surface area contributed by atoms with E-state index in [1.165, 1.54) is 5.56 Å². The quantitative estimate of drug-likeness (QED) is 0.208. The van der Waals surface area contributed by atoms with E-state index >= 15 is 0 Å². The van der Waals surface area contributed by atoms with Crippen LogP contribution in [-0.4, -0.2) is 113 Å². The first-order valence-corrected chi connectivity index (χ1v) is 17.0. The number of hydrogen-bond acceptors (Lipinski definition) is 13. The molecule has 0 amide bonds. The lowest BCUT2D eigenvalue weighted by atomic mass is 9.47. The lowest BCUT2D eigenvalue weighted by Gasteiger charge is -2.63. The van der Waals surface area contributed by atoms with E-state index in [1.807, 2.05) is 25.3 Å². The number of ether oxygens (including phenoxy) is 3. The molecule has 254 valence electrons. The molecule has 0 aromatic heterocycles. The second kappa shape index (κ2) is 9.61. The highest BCUT2D eigenvalue weighted by Crippen LogP contribution is 2.68. The highest BCUT2D eigenvalue weighted by atomic mass is 16.7. The molecule has 1 aromatic rings. The van der Waals surface area contributed by atoms with Crippen LogP contribution in [0.1, 0.15) is 30.4 Å². The minimum absolute atomic E-state index is 0.0745. The maximum atomic E-state index is 12.4. The van der Waals surface area contributed by atoms with Gasteiger partial charge < -0.3 is 54.1 Å². The average Bonchev–Trinajstić information content (AvgIpc) is 3.61. The van der Waals surface area contributed by atoms with Crippen molar-refractivity contribution in [3.63, 3.8) is 0 Å². The van der Waals surface area contributed by atoms with E-state index in [4.69, 9.17) is 23.9 Å². The van der Waals surface area contributed by atoms with Crippen molar-refractivity contribution < 1.29 is 44.3 Å². The third-order valence-corrected chi connectivity index (χ3v) is 13.4. The number of hydrogen-bond donors (Lipinski definition) is 4. The van der Waals surface area contributed by atoms with Crippen LogP contribution in [0.5, 0.6) is 11.5 Å². The zero-order valence-corrected chi connectivity index (χ0v) is 27.0.